The third-order valence-corrected chi connectivity index (χ3v) is 2.89. The van der Waals surface area contributed by atoms with Crippen LogP contribution in [0.5, 0.6) is 0 Å². The van der Waals surface area contributed by atoms with E-state index >= 15 is 0 Å². The lowest BCUT2D eigenvalue weighted by atomic mass is 10.1. The Balaban J connectivity index is 2.33. The maximum Gasteiger partial charge on any atom is 0.234 e. The van der Waals surface area contributed by atoms with Crippen molar-refractivity contribution in [3.8, 4) is 11.4 Å². The molecule has 2 aromatic rings. The Hall–Kier alpha value is -1.49. The molecule has 0 spiro atoms. The summed E-state index contributed by atoms with van der Waals surface area (Å²) >= 11 is 3.46. The number of hydrogen-bond donors (Lipinski definition) is 0. The molecule has 88 valence electrons. The highest BCUT2D eigenvalue weighted by Gasteiger charge is 2.12. The molecule has 0 aliphatic carbocycles. The van der Waals surface area contributed by atoms with Gasteiger partial charge in [0.05, 0.1) is 6.42 Å². The fraction of sp³-hybridized carbons (Fsp3) is 0.250. The largest absolute Gasteiger partial charge is 0.339 e. The van der Waals surface area contributed by atoms with Gasteiger partial charge in [-0.05, 0) is 31.5 Å². The molecular weight excluding hydrogens is 284 g/mol. The van der Waals surface area contributed by atoms with E-state index in [0.717, 1.165) is 15.6 Å². The molecule has 0 aliphatic rings. The Morgan fingerprint density at radius 3 is 2.88 bits per heavy atom. The molecule has 5 heteroatoms. The summed E-state index contributed by atoms with van der Waals surface area (Å²) in [5.74, 6) is 0.844. The molecule has 0 radical (unpaired) electrons. The summed E-state index contributed by atoms with van der Waals surface area (Å²) in [5, 5.41) is 3.86. The number of carbonyl (C=O) groups excluding carboxylic acids is 1. The fourth-order valence-electron chi connectivity index (χ4n) is 1.45. The van der Waals surface area contributed by atoms with E-state index in [0.29, 0.717) is 11.7 Å². The van der Waals surface area contributed by atoms with Crippen LogP contribution in [0.15, 0.2) is 27.2 Å². The molecule has 0 saturated carbocycles. The molecular formula is C12H11BrN2O2. The minimum atomic E-state index is 0.00294. The summed E-state index contributed by atoms with van der Waals surface area (Å²) in [4.78, 5) is 15.1. The highest BCUT2D eigenvalue weighted by molar-refractivity contribution is 9.10. The molecule has 0 saturated heterocycles. The van der Waals surface area contributed by atoms with Gasteiger partial charge >= 0.3 is 0 Å². The molecule has 0 bridgehead atoms. The topological polar surface area (TPSA) is 56.0 Å². The summed E-state index contributed by atoms with van der Waals surface area (Å²) in [6.45, 7) is 3.50. The van der Waals surface area contributed by atoms with Crippen molar-refractivity contribution in [1.82, 2.24) is 10.1 Å². The zero-order valence-electron chi connectivity index (χ0n) is 9.53. The van der Waals surface area contributed by atoms with Gasteiger partial charge in [0.2, 0.25) is 11.7 Å². The average Bonchev–Trinajstić information content (AvgIpc) is 2.65. The summed E-state index contributed by atoms with van der Waals surface area (Å²) in [6, 6.07) is 5.87. The summed E-state index contributed by atoms with van der Waals surface area (Å²) in [5.41, 5.74) is 2.00. The Bertz CT molecular complexity index is 563. The van der Waals surface area contributed by atoms with Crippen LogP contribution in [0.1, 0.15) is 18.4 Å². The Morgan fingerprint density at radius 1 is 1.47 bits per heavy atom. The normalized spacial score (nSPS) is 10.5. The molecule has 1 aromatic carbocycles. The number of rotatable bonds is 3. The minimum Gasteiger partial charge on any atom is -0.339 e. The molecule has 0 unspecified atom stereocenters. The molecule has 1 aromatic heterocycles. The number of nitrogens with zero attached hydrogens (tertiary/aromatic N) is 2. The fourth-order valence-corrected chi connectivity index (χ4v) is 2.12. The first-order valence-corrected chi connectivity index (χ1v) is 5.94. The van der Waals surface area contributed by atoms with Gasteiger partial charge in [0.25, 0.3) is 0 Å². The molecule has 0 atom stereocenters. The van der Waals surface area contributed by atoms with Gasteiger partial charge in [0.15, 0.2) is 0 Å². The van der Waals surface area contributed by atoms with Crippen molar-refractivity contribution >= 4 is 21.7 Å². The molecule has 17 heavy (non-hydrogen) atoms. The Kier molecular flexibility index (Phi) is 3.38. The van der Waals surface area contributed by atoms with Crippen molar-refractivity contribution in [3.63, 3.8) is 0 Å². The summed E-state index contributed by atoms with van der Waals surface area (Å²) in [7, 11) is 0. The zero-order valence-corrected chi connectivity index (χ0v) is 11.1. The van der Waals surface area contributed by atoms with Crippen molar-refractivity contribution in [2.45, 2.75) is 20.3 Å². The van der Waals surface area contributed by atoms with Gasteiger partial charge in [0.1, 0.15) is 5.78 Å². The minimum absolute atomic E-state index is 0.00294. The van der Waals surface area contributed by atoms with Crippen LogP contribution in [-0.4, -0.2) is 15.9 Å². The van der Waals surface area contributed by atoms with Gasteiger partial charge in [-0.2, -0.15) is 4.98 Å². The first-order valence-electron chi connectivity index (χ1n) is 5.15. The van der Waals surface area contributed by atoms with Crippen LogP contribution in [0.4, 0.5) is 0 Å². The molecule has 0 amide bonds. The lowest BCUT2D eigenvalue weighted by Crippen LogP contribution is -1.96. The molecule has 0 aliphatic heterocycles. The second-order valence-corrected chi connectivity index (χ2v) is 4.73. The van der Waals surface area contributed by atoms with Crippen LogP contribution in [0.2, 0.25) is 0 Å². The van der Waals surface area contributed by atoms with Gasteiger partial charge in [-0.25, -0.2) is 0 Å². The van der Waals surface area contributed by atoms with Gasteiger partial charge in [-0.1, -0.05) is 27.2 Å². The van der Waals surface area contributed by atoms with Gasteiger partial charge in [0, 0.05) is 10.0 Å². The van der Waals surface area contributed by atoms with E-state index in [9.17, 15) is 4.79 Å². The lowest BCUT2D eigenvalue weighted by Gasteiger charge is -1.99. The van der Waals surface area contributed by atoms with E-state index in [1.165, 1.54) is 6.92 Å². The van der Waals surface area contributed by atoms with Crippen molar-refractivity contribution in [2.24, 2.45) is 0 Å². The van der Waals surface area contributed by atoms with E-state index in [1.807, 2.05) is 25.1 Å². The number of Topliss-reactive ketones (excluding diaryl/α,β-unsaturated/α-hetero) is 1. The first kappa shape index (κ1) is 12.0. The third-order valence-electron chi connectivity index (χ3n) is 2.23. The van der Waals surface area contributed by atoms with E-state index in [2.05, 4.69) is 26.1 Å². The van der Waals surface area contributed by atoms with Crippen LogP contribution in [-0.2, 0) is 11.2 Å². The molecule has 4 nitrogen and oxygen atoms in total. The quantitative estimate of drug-likeness (QED) is 0.873. The van der Waals surface area contributed by atoms with Gasteiger partial charge in [-0.15, -0.1) is 0 Å². The lowest BCUT2D eigenvalue weighted by molar-refractivity contribution is -0.116. The van der Waals surface area contributed by atoms with Gasteiger partial charge in [-0.3, -0.25) is 4.79 Å². The Morgan fingerprint density at radius 2 is 2.24 bits per heavy atom. The number of ketones is 1. The molecule has 2 rings (SSSR count). The first-order chi connectivity index (χ1) is 8.06. The summed E-state index contributed by atoms with van der Waals surface area (Å²) < 4.78 is 5.92. The second-order valence-electron chi connectivity index (χ2n) is 3.87. The summed E-state index contributed by atoms with van der Waals surface area (Å²) in [6.07, 6.45) is 0.177. The van der Waals surface area contributed by atoms with Crippen molar-refractivity contribution in [2.75, 3.05) is 0 Å². The molecule has 0 fully saturated rings. The standard InChI is InChI=1S/C12H11BrN2O2/c1-7-3-4-9(10(13)5-7)12-14-11(17-15-12)6-8(2)16/h3-5H,6H2,1-2H3. The van der Waals surface area contributed by atoms with Gasteiger partial charge < -0.3 is 4.52 Å². The number of halogens is 1. The number of carbonyl (C=O) groups is 1. The predicted octanol–water partition coefficient (Wildman–Crippen LogP) is 2.94. The predicted molar refractivity (Wildman–Crippen MR) is 66.6 cm³/mol. The molecule has 1 heterocycles. The van der Waals surface area contributed by atoms with E-state index in [-0.39, 0.29) is 12.2 Å². The van der Waals surface area contributed by atoms with Crippen LogP contribution < -0.4 is 0 Å². The number of hydrogen-bond acceptors (Lipinski definition) is 4. The Labute approximate surface area is 107 Å². The third kappa shape index (κ3) is 2.79. The van der Waals surface area contributed by atoms with Crippen LogP contribution in [0.3, 0.4) is 0 Å². The van der Waals surface area contributed by atoms with Crippen molar-refractivity contribution in [3.05, 3.63) is 34.1 Å². The highest BCUT2D eigenvalue weighted by Crippen LogP contribution is 2.26. The smallest absolute Gasteiger partial charge is 0.234 e. The maximum absolute atomic E-state index is 10.9. The van der Waals surface area contributed by atoms with E-state index in [1.54, 1.807) is 0 Å². The van der Waals surface area contributed by atoms with Crippen molar-refractivity contribution < 1.29 is 9.32 Å². The zero-order chi connectivity index (χ0) is 12.4. The van der Waals surface area contributed by atoms with E-state index in [4.69, 9.17) is 4.52 Å². The number of benzene rings is 1. The average molecular weight is 295 g/mol. The second kappa shape index (κ2) is 4.79. The molecule has 0 N–H and O–H groups in total. The van der Waals surface area contributed by atoms with Crippen molar-refractivity contribution in [1.29, 1.82) is 0 Å². The van der Waals surface area contributed by atoms with Crippen LogP contribution in [0, 0.1) is 6.92 Å². The SMILES string of the molecule is CC(=O)Cc1nc(-c2ccc(C)cc2Br)no1. The van der Waals surface area contributed by atoms with E-state index < -0.39 is 0 Å². The highest BCUT2D eigenvalue weighted by atomic mass is 79.9. The monoisotopic (exact) mass is 294 g/mol. The maximum atomic E-state index is 10.9. The van der Waals surface area contributed by atoms with Crippen LogP contribution in [0.25, 0.3) is 11.4 Å². The number of aromatic nitrogens is 2. The van der Waals surface area contributed by atoms with Crippen LogP contribution >= 0.6 is 15.9 Å². The number of aryl methyl sites for hydroxylation is 1.